The third-order valence-corrected chi connectivity index (χ3v) is 5.12. The van der Waals surface area contributed by atoms with Gasteiger partial charge in [-0.3, -0.25) is 9.69 Å². The number of carbonyl (C=O) groups is 2. The van der Waals surface area contributed by atoms with Gasteiger partial charge in [-0.15, -0.1) is 11.3 Å². The Morgan fingerprint density at radius 2 is 1.66 bits per heavy atom. The van der Waals surface area contributed by atoms with Gasteiger partial charge in [0.1, 0.15) is 12.4 Å². The first kappa shape index (κ1) is 23.1. The number of methoxy groups -OCH3 is 1. The van der Waals surface area contributed by atoms with Crippen LogP contribution < -0.4 is 19.1 Å². The van der Waals surface area contributed by atoms with Crippen LogP contribution in [0.4, 0.5) is 10.8 Å². The second-order valence-corrected chi connectivity index (χ2v) is 7.31. The van der Waals surface area contributed by atoms with E-state index in [0.717, 1.165) is 0 Å². The maximum atomic E-state index is 12.3. The van der Waals surface area contributed by atoms with Crippen LogP contribution in [0, 0.1) is 0 Å². The number of thiazole rings is 1. The molecule has 8 nitrogen and oxygen atoms in total. The maximum Gasteiger partial charge on any atom is 0.344 e. The summed E-state index contributed by atoms with van der Waals surface area (Å²) in [5, 5.41) is 2.19. The fourth-order valence-corrected chi connectivity index (χ4v) is 3.73. The third-order valence-electron chi connectivity index (χ3n) is 4.25. The van der Waals surface area contributed by atoms with Crippen molar-refractivity contribution in [1.29, 1.82) is 0 Å². The van der Waals surface area contributed by atoms with Crippen molar-refractivity contribution in [3.63, 3.8) is 0 Å². The largest absolute Gasteiger partial charge is 0.495 e. The smallest absolute Gasteiger partial charge is 0.344 e. The molecule has 1 heterocycles. The quantitative estimate of drug-likeness (QED) is 0.419. The molecule has 0 saturated carbocycles. The Hall–Kier alpha value is -3.59. The number of aromatic nitrogens is 1. The zero-order valence-corrected chi connectivity index (χ0v) is 18.9. The van der Waals surface area contributed by atoms with E-state index in [4.69, 9.17) is 18.9 Å². The highest BCUT2D eigenvalue weighted by atomic mass is 32.1. The summed E-state index contributed by atoms with van der Waals surface area (Å²) in [7, 11) is 1.54. The van der Waals surface area contributed by atoms with Crippen LogP contribution >= 0.6 is 11.3 Å². The van der Waals surface area contributed by atoms with E-state index < -0.39 is 5.97 Å². The van der Waals surface area contributed by atoms with E-state index in [0.29, 0.717) is 40.4 Å². The molecule has 0 aliphatic heterocycles. The van der Waals surface area contributed by atoms with E-state index in [1.54, 1.807) is 42.8 Å². The lowest BCUT2D eigenvalue weighted by atomic mass is 10.2. The van der Waals surface area contributed by atoms with Gasteiger partial charge in [-0.05, 0) is 31.2 Å². The molecular formula is C23H24N2O6S. The van der Waals surface area contributed by atoms with Crippen molar-refractivity contribution < 1.29 is 28.5 Å². The molecule has 2 aromatic carbocycles. The fourth-order valence-electron chi connectivity index (χ4n) is 2.86. The number of esters is 1. The van der Waals surface area contributed by atoms with E-state index in [1.165, 1.54) is 23.2 Å². The number of hydrogen-bond donors (Lipinski definition) is 0. The second kappa shape index (κ2) is 11.1. The summed E-state index contributed by atoms with van der Waals surface area (Å²) >= 11 is 1.27. The second-order valence-electron chi connectivity index (χ2n) is 6.48. The van der Waals surface area contributed by atoms with Crippen molar-refractivity contribution in [2.45, 2.75) is 20.5 Å². The highest BCUT2D eigenvalue weighted by molar-refractivity contribution is 7.14. The lowest BCUT2D eigenvalue weighted by molar-refractivity contribution is -0.147. The van der Waals surface area contributed by atoms with Crippen molar-refractivity contribution in [3.05, 3.63) is 59.6 Å². The number of ether oxygens (including phenoxy) is 4. The maximum absolute atomic E-state index is 12.3. The molecule has 32 heavy (non-hydrogen) atoms. The van der Waals surface area contributed by atoms with Crippen molar-refractivity contribution in [1.82, 2.24) is 4.98 Å². The Balaban J connectivity index is 1.61. The van der Waals surface area contributed by atoms with Gasteiger partial charge in [0.25, 0.3) is 0 Å². The van der Waals surface area contributed by atoms with Crippen LogP contribution in [0.2, 0.25) is 0 Å². The van der Waals surface area contributed by atoms with Crippen LogP contribution in [0.15, 0.2) is 53.9 Å². The molecule has 168 valence electrons. The van der Waals surface area contributed by atoms with Gasteiger partial charge in [0.15, 0.2) is 23.2 Å². The molecule has 0 bridgehead atoms. The lowest BCUT2D eigenvalue weighted by Crippen LogP contribution is -2.23. The van der Waals surface area contributed by atoms with Crippen LogP contribution in [-0.2, 0) is 20.9 Å². The van der Waals surface area contributed by atoms with Gasteiger partial charge in [0, 0.05) is 12.3 Å². The summed E-state index contributed by atoms with van der Waals surface area (Å²) in [6, 6.07) is 14.3. The van der Waals surface area contributed by atoms with Gasteiger partial charge < -0.3 is 18.9 Å². The molecule has 1 aromatic heterocycles. The summed E-state index contributed by atoms with van der Waals surface area (Å²) in [6.45, 7) is 3.51. The Kier molecular flexibility index (Phi) is 8.04. The van der Waals surface area contributed by atoms with Crippen molar-refractivity contribution in [3.8, 4) is 17.2 Å². The van der Waals surface area contributed by atoms with Gasteiger partial charge in [0.05, 0.1) is 25.1 Å². The van der Waals surface area contributed by atoms with Crippen LogP contribution in [-0.4, -0.2) is 37.2 Å². The topological polar surface area (TPSA) is 87.2 Å². The number of hydrogen-bond acceptors (Lipinski definition) is 8. The minimum Gasteiger partial charge on any atom is -0.495 e. The summed E-state index contributed by atoms with van der Waals surface area (Å²) in [6.07, 6.45) is 0. The van der Waals surface area contributed by atoms with Gasteiger partial charge >= 0.3 is 5.97 Å². The highest BCUT2D eigenvalue weighted by Gasteiger charge is 2.21. The fraction of sp³-hybridized carbons (Fsp3) is 0.261. The van der Waals surface area contributed by atoms with Gasteiger partial charge in [0.2, 0.25) is 5.91 Å². The number of amides is 1. The SMILES string of the molecule is CCOc1ccccc1OCC(=O)OCc1csc(N(C(C)=O)c2ccccc2OC)n1. The summed E-state index contributed by atoms with van der Waals surface area (Å²) in [5.74, 6) is 0.826. The number of para-hydroxylation sites is 4. The lowest BCUT2D eigenvalue weighted by Gasteiger charge is -2.20. The molecule has 0 unspecified atom stereocenters. The van der Waals surface area contributed by atoms with Gasteiger partial charge in [-0.2, -0.15) is 0 Å². The van der Waals surface area contributed by atoms with E-state index in [9.17, 15) is 9.59 Å². The van der Waals surface area contributed by atoms with Crippen LogP contribution in [0.1, 0.15) is 19.5 Å². The molecule has 0 N–H and O–H groups in total. The van der Waals surface area contributed by atoms with Gasteiger partial charge in [-0.1, -0.05) is 24.3 Å². The molecule has 9 heteroatoms. The van der Waals surface area contributed by atoms with Crippen LogP contribution in [0.3, 0.4) is 0 Å². The molecule has 0 saturated heterocycles. The number of carbonyl (C=O) groups excluding carboxylic acids is 2. The summed E-state index contributed by atoms with van der Waals surface area (Å²) < 4.78 is 21.6. The van der Waals surface area contributed by atoms with Crippen LogP contribution in [0.25, 0.3) is 0 Å². The first-order chi connectivity index (χ1) is 15.5. The molecular weight excluding hydrogens is 432 g/mol. The number of rotatable bonds is 10. The zero-order valence-electron chi connectivity index (χ0n) is 18.1. The van der Waals surface area contributed by atoms with Crippen LogP contribution in [0.5, 0.6) is 17.2 Å². The Morgan fingerprint density at radius 1 is 1.00 bits per heavy atom. The molecule has 0 fully saturated rings. The molecule has 0 spiro atoms. The van der Waals surface area contributed by atoms with E-state index >= 15 is 0 Å². The predicted molar refractivity (Wildman–Crippen MR) is 121 cm³/mol. The monoisotopic (exact) mass is 456 g/mol. The Labute approximate surface area is 190 Å². The normalized spacial score (nSPS) is 10.3. The molecule has 0 aliphatic carbocycles. The average Bonchev–Trinajstić information content (AvgIpc) is 3.26. The molecule has 3 aromatic rings. The molecule has 0 atom stereocenters. The van der Waals surface area contributed by atoms with Crippen molar-refractivity contribution in [2.75, 3.05) is 25.2 Å². The zero-order chi connectivity index (χ0) is 22.9. The van der Waals surface area contributed by atoms with Crippen molar-refractivity contribution >= 4 is 34.0 Å². The number of anilines is 2. The standard InChI is InChI=1S/C23H24N2O6S/c1-4-29-20-11-7-8-12-21(20)30-14-22(27)31-13-17-15-32-23(24-17)25(16(2)26)18-9-5-6-10-19(18)28-3/h5-12,15H,4,13-14H2,1-3H3. The highest BCUT2D eigenvalue weighted by Crippen LogP contribution is 2.35. The van der Waals surface area contributed by atoms with E-state index in [1.807, 2.05) is 25.1 Å². The predicted octanol–water partition coefficient (Wildman–Crippen LogP) is 4.36. The Morgan fingerprint density at radius 3 is 2.31 bits per heavy atom. The third kappa shape index (κ3) is 5.76. The number of benzene rings is 2. The summed E-state index contributed by atoms with van der Waals surface area (Å²) in [5.41, 5.74) is 1.11. The first-order valence-corrected chi connectivity index (χ1v) is 10.8. The molecule has 1 amide bonds. The molecule has 0 radical (unpaired) electrons. The average molecular weight is 457 g/mol. The minimum absolute atomic E-state index is 0.0382. The van der Waals surface area contributed by atoms with E-state index in [-0.39, 0.29) is 19.1 Å². The van der Waals surface area contributed by atoms with E-state index in [2.05, 4.69) is 4.98 Å². The first-order valence-electron chi connectivity index (χ1n) is 9.91. The molecule has 3 rings (SSSR count). The summed E-state index contributed by atoms with van der Waals surface area (Å²) in [4.78, 5) is 30.3. The minimum atomic E-state index is -0.543. The van der Waals surface area contributed by atoms with Crippen molar-refractivity contribution in [2.24, 2.45) is 0 Å². The Bertz CT molecular complexity index is 1070. The van der Waals surface area contributed by atoms with Gasteiger partial charge in [-0.25, -0.2) is 9.78 Å². The molecule has 0 aliphatic rings. The number of nitrogens with zero attached hydrogens (tertiary/aromatic N) is 2.